The predicted octanol–water partition coefficient (Wildman–Crippen LogP) is -0.170. The number of hydrogen-bond acceptors (Lipinski definition) is 6. The molecular formula is C8H6N6O3. The lowest BCUT2D eigenvalue weighted by atomic mass is 10.4. The number of hydrogen-bond donors (Lipinski definition) is 0. The van der Waals surface area contributed by atoms with Gasteiger partial charge in [-0.2, -0.15) is 0 Å². The highest BCUT2D eigenvalue weighted by molar-refractivity contribution is 5.99. The molecule has 1 aromatic rings. The van der Waals surface area contributed by atoms with Crippen molar-refractivity contribution >= 4 is 23.7 Å². The average Bonchev–Trinajstić information content (AvgIpc) is 2.63. The smallest absolute Gasteiger partial charge is 0.304 e. The van der Waals surface area contributed by atoms with Crippen molar-refractivity contribution in [1.29, 1.82) is 0 Å². The maximum Gasteiger partial charge on any atom is 0.310 e. The van der Waals surface area contributed by atoms with E-state index in [2.05, 4.69) is 20.3 Å². The van der Waals surface area contributed by atoms with Gasteiger partial charge in [-0.05, 0) is 0 Å². The van der Waals surface area contributed by atoms with Crippen LogP contribution in [0.25, 0.3) is 0 Å². The number of fused-ring (bicyclic) bond motifs is 1. The number of imidazole rings is 1. The van der Waals surface area contributed by atoms with E-state index >= 15 is 0 Å². The fourth-order valence-corrected chi connectivity index (χ4v) is 1.25. The zero-order valence-electron chi connectivity index (χ0n) is 8.69. The molecule has 0 fully saturated rings. The molecule has 1 aromatic heterocycles. The first-order valence-corrected chi connectivity index (χ1v) is 4.49. The van der Waals surface area contributed by atoms with Crippen LogP contribution in [0.4, 0.5) is 5.82 Å². The molecule has 9 heteroatoms. The maximum absolute atomic E-state index is 11.4. The van der Waals surface area contributed by atoms with Gasteiger partial charge >= 0.3 is 5.91 Å². The van der Waals surface area contributed by atoms with Gasteiger partial charge in [0.25, 0.3) is 5.91 Å². The SMILES string of the molecule is CN1N=Nc2c(C(=O)N=C=O)ncn2CC1=O. The van der Waals surface area contributed by atoms with E-state index < -0.39 is 5.91 Å². The topological polar surface area (TPSA) is 109 Å². The Morgan fingerprint density at radius 3 is 3.06 bits per heavy atom. The largest absolute Gasteiger partial charge is 0.310 e. The van der Waals surface area contributed by atoms with Crippen molar-refractivity contribution in [3.05, 3.63) is 12.0 Å². The van der Waals surface area contributed by atoms with Crippen molar-refractivity contribution in [2.24, 2.45) is 15.3 Å². The highest BCUT2D eigenvalue weighted by atomic mass is 16.2. The van der Waals surface area contributed by atoms with Crippen LogP contribution in [0.15, 0.2) is 21.7 Å². The third kappa shape index (κ3) is 1.86. The first-order chi connectivity index (χ1) is 8.13. The highest BCUT2D eigenvalue weighted by Gasteiger charge is 2.22. The molecule has 9 nitrogen and oxygen atoms in total. The van der Waals surface area contributed by atoms with Crippen molar-refractivity contribution in [2.75, 3.05) is 7.05 Å². The van der Waals surface area contributed by atoms with Crippen LogP contribution in [0.2, 0.25) is 0 Å². The summed E-state index contributed by atoms with van der Waals surface area (Å²) < 4.78 is 1.35. The predicted molar refractivity (Wildman–Crippen MR) is 52.0 cm³/mol. The lowest BCUT2D eigenvalue weighted by molar-refractivity contribution is -0.130. The molecule has 2 rings (SSSR count). The minimum absolute atomic E-state index is 0.0378. The van der Waals surface area contributed by atoms with Crippen LogP contribution in [0.5, 0.6) is 0 Å². The molecule has 1 aliphatic heterocycles. The van der Waals surface area contributed by atoms with Crippen LogP contribution in [0.1, 0.15) is 10.5 Å². The molecule has 0 spiro atoms. The number of isocyanates is 1. The van der Waals surface area contributed by atoms with Gasteiger partial charge in [0.2, 0.25) is 6.08 Å². The van der Waals surface area contributed by atoms with E-state index in [1.807, 2.05) is 0 Å². The molecule has 0 aliphatic carbocycles. The lowest BCUT2D eigenvalue weighted by Gasteiger charge is -2.05. The fraction of sp³-hybridized carbons (Fsp3) is 0.250. The summed E-state index contributed by atoms with van der Waals surface area (Å²) in [7, 11) is 1.44. The number of aliphatic imine (C=N–C) groups is 1. The molecule has 1 aliphatic rings. The Morgan fingerprint density at radius 1 is 1.59 bits per heavy atom. The number of carbonyl (C=O) groups is 2. The second-order valence-corrected chi connectivity index (χ2v) is 3.16. The third-order valence-electron chi connectivity index (χ3n) is 2.10. The zero-order valence-corrected chi connectivity index (χ0v) is 8.69. The molecule has 0 bridgehead atoms. The van der Waals surface area contributed by atoms with Gasteiger partial charge in [0.15, 0.2) is 11.5 Å². The molecule has 0 unspecified atom stereocenters. The Bertz CT molecular complexity index is 568. The summed E-state index contributed by atoms with van der Waals surface area (Å²) in [4.78, 5) is 39.4. The number of carbonyl (C=O) groups excluding carboxylic acids is 3. The summed E-state index contributed by atoms with van der Waals surface area (Å²) in [6.45, 7) is -0.0378. The molecular weight excluding hydrogens is 228 g/mol. The van der Waals surface area contributed by atoms with E-state index in [1.165, 1.54) is 17.9 Å². The van der Waals surface area contributed by atoms with Crippen molar-refractivity contribution in [3.63, 3.8) is 0 Å². The Hall–Kier alpha value is -2.67. The molecule has 0 saturated heterocycles. The van der Waals surface area contributed by atoms with Gasteiger partial charge < -0.3 is 4.57 Å². The van der Waals surface area contributed by atoms with Gasteiger partial charge in [0, 0.05) is 7.05 Å². The molecule has 17 heavy (non-hydrogen) atoms. The summed E-state index contributed by atoms with van der Waals surface area (Å²) in [5, 5.41) is 8.32. The molecule has 0 N–H and O–H groups in total. The van der Waals surface area contributed by atoms with Crippen LogP contribution in [-0.2, 0) is 16.1 Å². The summed E-state index contributed by atoms with van der Waals surface area (Å²) in [5.74, 6) is -1.08. The van der Waals surface area contributed by atoms with E-state index in [9.17, 15) is 14.4 Å². The molecule has 2 heterocycles. The van der Waals surface area contributed by atoms with Crippen LogP contribution in [0.3, 0.4) is 0 Å². The third-order valence-corrected chi connectivity index (χ3v) is 2.10. The maximum atomic E-state index is 11.4. The number of likely N-dealkylation sites (N-methyl/N-ethyl adjacent to an activating group) is 1. The van der Waals surface area contributed by atoms with E-state index in [0.717, 1.165) is 11.1 Å². The Kier molecular flexibility index (Phi) is 2.59. The summed E-state index contributed by atoms with van der Waals surface area (Å²) in [6, 6.07) is 0. The minimum atomic E-state index is -0.871. The average molecular weight is 234 g/mol. The van der Waals surface area contributed by atoms with E-state index in [-0.39, 0.29) is 24.0 Å². The van der Waals surface area contributed by atoms with Crippen molar-refractivity contribution < 1.29 is 14.4 Å². The minimum Gasteiger partial charge on any atom is -0.304 e. The first-order valence-electron chi connectivity index (χ1n) is 4.49. The number of amides is 2. The quantitative estimate of drug-likeness (QED) is 0.496. The Balaban J connectivity index is 2.48. The Labute approximate surface area is 94.4 Å². The van der Waals surface area contributed by atoms with Crippen molar-refractivity contribution in [2.45, 2.75) is 6.54 Å². The zero-order chi connectivity index (χ0) is 12.4. The van der Waals surface area contributed by atoms with Gasteiger partial charge in [-0.25, -0.2) is 14.8 Å². The summed E-state index contributed by atoms with van der Waals surface area (Å²) in [5.41, 5.74) is -0.139. The first kappa shape index (κ1) is 10.8. The van der Waals surface area contributed by atoms with Gasteiger partial charge in [0.05, 0.1) is 6.33 Å². The summed E-state index contributed by atoms with van der Waals surface area (Å²) in [6.07, 6.45) is 2.39. The fourth-order valence-electron chi connectivity index (χ4n) is 1.25. The summed E-state index contributed by atoms with van der Waals surface area (Å²) >= 11 is 0. The van der Waals surface area contributed by atoms with Crippen LogP contribution < -0.4 is 0 Å². The monoisotopic (exact) mass is 234 g/mol. The molecule has 0 radical (unpaired) electrons. The van der Waals surface area contributed by atoms with E-state index in [4.69, 9.17) is 0 Å². The van der Waals surface area contributed by atoms with Gasteiger partial charge in [-0.3, -0.25) is 9.59 Å². The van der Waals surface area contributed by atoms with Crippen LogP contribution in [-0.4, -0.2) is 39.5 Å². The van der Waals surface area contributed by atoms with Crippen molar-refractivity contribution in [3.8, 4) is 0 Å². The second-order valence-electron chi connectivity index (χ2n) is 3.16. The molecule has 0 aromatic carbocycles. The van der Waals surface area contributed by atoms with Gasteiger partial charge in [0.1, 0.15) is 6.54 Å². The molecule has 0 saturated carbocycles. The highest BCUT2D eigenvalue weighted by Crippen LogP contribution is 2.22. The van der Waals surface area contributed by atoms with E-state index in [0.29, 0.717) is 0 Å². The lowest BCUT2D eigenvalue weighted by Crippen LogP contribution is -2.23. The molecule has 2 amide bonds. The Morgan fingerprint density at radius 2 is 2.35 bits per heavy atom. The number of nitrogens with zero attached hydrogens (tertiary/aromatic N) is 6. The standard InChI is InChI=1S/C8H6N6O3/c1-13-5(16)2-14-3-9-6(7(14)11-12-13)8(17)10-4-15/h3H,2H2,1H3. The van der Waals surface area contributed by atoms with Crippen molar-refractivity contribution in [1.82, 2.24) is 14.6 Å². The van der Waals surface area contributed by atoms with Gasteiger partial charge in [-0.15, -0.1) is 10.1 Å². The molecule has 86 valence electrons. The number of rotatable bonds is 1. The normalized spacial score (nSPS) is 13.9. The van der Waals surface area contributed by atoms with Crippen LogP contribution >= 0.6 is 0 Å². The second kappa shape index (κ2) is 4.06. The number of aromatic nitrogens is 2. The van der Waals surface area contributed by atoms with E-state index in [1.54, 1.807) is 0 Å². The molecule has 0 atom stereocenters. The van der Waals surface area contributed by atoms with Crippen LogP contribution in [0, 0.1) is 0 Å². The van der Waals surface area contributed by atoms with Gasteiger partial charge in [-0.1, -0.05) is 5.22 Å².